The van der Waals surface area contributed by atoms with Gasteiger partial charge in [0, 0.05) is 4.88 Å². The fourth-order valence-corrected chi connectivity index (χ4v) is 2.80. The van der Waals surface area contributed by atoms with Gasteiger partial charge in [0.2, 0.25) is 0 Å². The quantitative estimate of drug-likeness (QED) is 0.844. The van der Waals surface area contributed by atoms with Gasteiger partial charge >= 0.3 is 0 Å². The average Bonchev–Trinajstić information content (AvgIpc) is 2.80. The first-order valence-electron chi connectivity index (χ1n) is 6.68. The molecule has 0 radical (unpaired) electrons. The van der Waals surface area contributed by atoms with Crippen molar-refractivity contribution in [1.82, 2.24) is 10.3 Å². The van der Waals surface area contributed by atoms with E-state index in [1.54, 1.807) is 35.6 Å². The van der Waals surface area contributed by atoms with Crippen LogP contribution in [0.15, 0.2) is 24.3 Å². The van der Waals surface area contributed by atoms with Gasteiger partial charge in [-0.25, -0.2) is 4.98 Å². The van der Waals surface area contributed by atoms with Crippen molar-refractivity contribution in [2.75, 3.05) is 6.61 Å². The van der Waals surface area contributed by atoms with E-state index >= 15 is 0 Å². The Bertz CT molecular complexity index is 697. The molecule has 0 saturated heterocycles. The molecule has 22 heavy (non-hydrogen) atoms. The fraction of sp³-hybridized carbons (Fsp3) is 0.267. The van der Waals surface area contributed by atoms with Gasteiger partial charge in [0.1, 0.15) is 5.75 Å². The molecule has 0 aliphatic heterocycles. The summed E-state index contributed by atoms with van der Waals surface area (Å²) in [5.74, 6) is -0.535. The zero-order valence-corrected chi connectivity index (χ0v) is 13.2. The number of nitrogens with one attached hydrogen (secondary N) is 1. The number of hydrogen-bond acceptors (Lipinski definition) is 5. The van der Waals surface area contributed by atoms with E-state index in [0.29, 0.717) is 17.9 Å². The second kappa shape index (κ2) is 7.04. The Morgan fingerprint density at radius 1 is 1.32 bits per heavy atom. The van der Waals surface area contributed by atoms with Crippen molar-refractivity contribution in [3.05, 3.63) is 45.4 Å². The Hall–Kier alpha value is -2.41. The Balaban J connectivity index is 2.06. The van der Waals surface area contributed by atoms with Gasteiger partial charge in [0.05, 0.1) is 22.8 Å². The molecular weight excluding hydrogens is 302 g/mol. The Labute approximate surface area is 132 Å². The van der Waals surface area contributed by atoms with Crippen LogP contribution in [-0.4, -0.2) is 23.4 Å². The minimum Gasteiger partial charge on any atom is -0.483 e. The van der Waals surface area contributed by atoms with Gasteiger partial charge in [-0.3, -0.25) is 9.59 Å². The molecule has 0 bridgehead atoms. The van der Waals surface area contributed by atoms with E-state index in [1.165, 1.54) is 0 Å². The molecule has 7 heteroatoms. The number of nitrogens with two attached hydrogens (primary N) is 1. The molecule has 1 heterocycles. The molecule has 2 amide bonds. The second-order valence-electron chi connectivity index (χ2n) is 4.68. The zero-order chi connectivity index (χ0) is 16.1. The van der Waals surface area contributed by atoms with Crippen molar-refractivity contribution in [1.29, 1.82) is 0 Å². The molecule has 6 nitrogen and oxygen atoms in total. The number of hydrogen-bond donors (Lipinski definition) is 2. The Morgan fingerprint density at radius 3 is 2.68 bits per heavy atom. The number of amides is 2. The molecule has 0 aliphatic carbocycles. The summed E-state index contributed by atoms with van der Waals surface area (Å²) in [5.41, 5.74) is 6.33. The highest BCUT2D eigenvalue weighted by Gasteiger charge is 2.13. The topological polar surface area (TPSA) is 94.3 Å². The minimum absolute atomic E-state index is 0.266. The van der Waals surface area contributed by atoms with Gasteiger partial charge in [-0.2, -0.15) is 0 Å². The third kappa shape index (κ3) is 4.05. The van der Waals surface area contributed by atoms with E-state index in [4.69, 9.17) is 10.5 Å². The van der Waals surface area contributed by atoms with E-state index in [1.807, 2.05) is 13.8 Å². The molecule has 3 N–H and O–H groups in total. The number of aromatic nitrogens is 1. The number of carbonyl (C=O) groups is 2. The number of benzene rings is 1. The second-order valence-corrected chi connectivity index (χ2v) is 5.96. The molecule has 0 spiro atoms. The number of rotatable bonds is 6. The lowest BCUT2D eigenvalue weighted by Gasteiger charge is -2.10. The molecular formula is C15H17N3O3S. The molecule has 0 saturated carbocycles. The van der Waals surface area contributed by atoms with Gasteiger partial charge in [-0.15, -0.1) is 11.3 Å². The zero-order valence-electron chi connectivity index (χ0n) is 12.4. The summed E-state index contributed by atoms with van der Waals surface area (Å²) in [7, 11) is 0. The van der Waals surface area contributed by atoms with Crippen LogP contribution in [0.4, 0.5) is 0 Å². The maximum Gasteiger partial charge on any atom is 0.255 e. The first-order chi connectivity index (χ1) is 10.5. The standard InChI is InChI=1S/C15H17N3O3S/c1-9-13(22-10(2)18-9)7-17-15(20)11-5-3-4-6-12(11)21-8-14(16)19/h3-6H,7-8H2,1-2H3,(H2,16,19)(H,17,20). The number of thiazole rings is 1. The number of aryl methyl sites for hydroxylation is 2. The van der Waals surface area contributed by atoms with Crippen LogP contribution in [0.3, 0.4) is 0 Å². The highest BCUT2D eigenvalue weighted by atomic mass is 32.1. The molecule has 0 unspecified atom stereocenters. The van der Waals surface area contributed by atoms with Crippen LogP contribution in [0.5, 0.6) is 5.75 Å². The highest BCUT2D eigenvalue weighted by molar-refractivity contribution is 7.11. The summed E-state index contributed by atoms with van der Waals surface area (Å²) < 4.78 is 5.25. The number of ether oxygens (including phenoxy) is 1. The number of nitrogens with zero attached hydrogens (tertiary/aromatic N) is 1. The molecule has 116 valence electrons. The van der Waals surface area contributed by atoms with Crippen molar-refractivity contribution in [2.24, 2.45) is 5.73 Å². The smallest absolute Gasteiger partial charge is 0.255 e. The summed E-state index contributed by atoms with van der Waals surface area (Å²) in [6.45, 7) is 3.97. The molecule has 1 aromatic heterocycles. The predicted octanol–water partition coefficient (Wildman–Crippen LogP) is 1.55. The van der Waals surface area contributed by atoms with Gasteiger partial charge in [-0.05, 0) is 26.0 Å². The summed E-state index contributed by atoms with van der Waals surface area (Å²) >= 11 is 1.55. The van der Waals surface area contributed by atoms with Crippen molar-refractivity contribution in [3.8, 4) is 5.75 Å². The van der Waals surface area contributed by atoms with E-state index in [2.05, 4.69) is 10.3 Å². The van der Waals surface area contributed by atoms with Crippen LogP contribution in [0, 0.1) is 13.8 Å². The van der Waals surface area contributed by atoms with E-state index in [0.717, 1.165) is 15.6 Å². The molecule has 2 aromatic rings. The number of carbonyl (C=O) groups excluding carboxylic acids is 2. The van der Waals surface area contributed by atoms with Gasteiger partial charge in [-0.1, -0.05) is 12.1 Å². The lowest BCUT2D eigenvalue weighted by Crippen LogP contribution is -2.25. The average molecular weight is 319 g/mol. The highest BCUT2D eigenvalue weighted by Crippen LogP contribution is 2.19. The van der Waals surface area contributed by atoms with Gasteiger partial charge < -0.3 is 15.8 Å². The largest absolute Gasteiger partial charge is 0.483 e. The van der Waals surface area contributed by atoms with Crippen LogP contribution in [0.1, 0.15) is 25.9 Å². The molecule has 1 aromatic carbocycles. The number of para-hydroxylation sites is 1. The maximum absolute atomic E-state index is 12.3. The van der Waals surface area contributed by atoms with Crippen molar-refractivity contribution in [2.45, 2.75) is 20.4 Å². The summed E-state index contributed by atoms with van der Waals surface area (Å²) in [6.07, 6.45) is 0. The SMILES string of the molecule is Cc1nc(C)c(CNC(=O)c2ccccc2OCC(N)=O)s1. The lowest BCUT2D eigenvalue weighted by atomic mass is 10.2. The maximum atomic E-state index is 12.3. The third-order valence-electron chi connectivity index (χ3n) is 2.91. The van der Waals surface area contributed by atoms with Crippen molar-refractivity contribution in [3.63, 3.8) is 0 Å². The predicted molar refractivity (Wildman–Crippen MR) is 83.9 cm³/mol. The number of primary amides is 1. The van der Waals surface area contributed by atoms with E-state index in [9.17, 15) is 9.59 Å². The van der Waals surface area contributed by atoms with Crippen LogP contribution in [0.25, 0.3) is 0 Å². The van der Waals surface area contributed by atoms with Gasteiger partial charge in [0.25, 0.3) is 11.8 Å². The summed E-state index contributed by atoms with van der Waals surface area (Å²) in [6, 6.07) is 6.72. The molecule has 0 aliphatic rings. The molecule has 0 atom stereocenters. The normalized spacial score (nSPS) is 10.3. The van der Waals surface area contributed by atoms with E-state index in [-0.39, 0.29) is 12.5 Å². The van der Waals surface area contributed by atoms with Crippen LogP contribution in [0.2, 0.25) is 0 Å². The van der Waals surface area contributed by atoms with Gasteiger partial charge in [0.15, 0.2) is 6.61 Å². The Kier molecular flexibility index (Phi) is 5.11. The molecule has 0 fully saturated rings. The van der Waals surface area contributed by atoms with Crippen LogP contribution >= 0.6 is 11.3 Å². The monoisotopic (exact) mass is 319 g/mol. The van der Waals surface area contributed by atoms with E-state index < -0.39 is 5.91 Å². The van der Waals surface area contributed by atoms with Crippen LogP contribution < -0.4 is 15.8 Å². The summed E-state index contributed by atoms with van der Waals surface area (Å²) in [5, 5.41) is 3.80. The lowest BCUT2D eigenvalue weighted by molar-refractivity contribution is -0.119. The third-order valence-corrected chi connectivity index (χ3v) is 3.98. The first kappa shape index (κ1) is 16.0. The molecule has 2 rings (SSSR count). The Morgan fingerprint density at radius 2 is 2.05 bits per heavy atom. The van der Waals surface area contributed by atoms with Crippen LogP contribution in [-0.2, 0) is 11.3 Å². The first-order valence-corrected chi connectivity index (χ1v) is 7.50. The summed E-state index contributed by atoms with van der Waals surface area (Å²) in [4.78, 5) is 28.4. The fourth-order valence-electron chi connectivity index (χ4n) is 1.92. The van der Waals surface area contributed by atoms with Crippen molar-refractivity contribution >= 4 is 23.2 Å². The van der Waals surface area contributed by atoms with Crippen molar-refractivity contribution < 1.29 is 14.3 Å². The minimum atomic E-state index is -0.592.